The summed E-state index contributed by atoms with van der Waals surface area (Å²) in [6.07, 6.45) is 1.12. The molecule has 0 atom stereocenters. The number of H-pyrrole nitrogens is 1. The zero-order chi connectivity index (χ0) is 8.72. The standard InChI is InChI=1S/C7H6FN3O/c1-4-2-6-9-10-7(12)11(6)3-5(4)8/h2-3H,1H3,(H,10,12). The van der Waals surface area contributed by atoms with E-state index in [2.05, 4.69) is 10.2 Å². The molecule has 0 radical (unpaired) electrons. The number of aryl methyl sites for hydroxylation is 1. The van der Waals surface area contributed by atoms with Gasteiger partial charge in [0.25, 0.3) is 0 Å². The van der Waals surface area contributed by atoms with Crippen LogP contribution in [0.25, 0.3) is 5.65 Å². The summed E-state index contributed by atoms with van der Waals surface area (Å²) in [6.45, 7) is 1.62. The van der Waals surface area contributed by atoms with Crippen molar-refractivity contribution in [3.8, 4) is 0 Å². The van der Waals surface area contributed by atoms with Crippen molar-refractivity contribution in [3.63, 3.8) is 0 Å². The van der Waals surface area contributed by atoms with Crippen LogP contribution < -0.4 is 5.69 Å². The summed E-state index contributed by atoms with van der Waals surface area (Å²) in [5, 5.41) is 5.90. The van der Waals surface area contributed by atoms with Crippen LogP contribution in [0.3, 0.4) is 0 Å². The summed E-state index contributed by atoms with van der Waals surface area (Å²) in [7, 11) is 0. The Hall–Kier alpha value is -1.65. The van der Waals surface area contributed by atoms with E-state index in [1.807, 2.05) is 0 Å². The normalized spacial score (nSPS) is 10.8. The summed E-state index contributed by atoms with van der Waals surface area (Å²) in [4.78, 5) is 10.9. The van der Waals surface area contributed by atoms with Gasteiger partial charge in [0.1, 0.15) is 5.82 Å². The molecule has 0 spiro atoms. The van der Waals surface area contributed by atoms with Crippen molar-refractivity contribution < 1.29 is 4.39 Å². The highest BCUT2D eigenvalue weighted by molar-refractivity contribution is 5.39. The minimum atomic E-state index is -0.427. The predicted molar refractivity (Wildman–Crippen MR) is 40.5 cm³/mol. The summed E-state index contributed by atoms with van der Waals surface area (Å²) < 4.78 is 14.0. The molecule has 0 unspecified atom stereocenters. The van der Waals surface area contributed by atoms with Gasteiger partial charge in [-0.25, -0.2) is 18.7 Å². The Morgan fingerprint density at radius 2 is 2.42 bits per heavy atom. The number of hydrogen-bond acceptors (Lipinski definition) is 2. The molecule has 2 heterocycles. The molecule has 0 amide bonds. The minimum Gasteiger partial charge on any atom is -0.247 e. The first kappa shape index (κ1) is 7.02. The van der Waals surface area contributed by atoms with Crippen molar-refractivity contribution in [1.82, 2.24) is 14.6 Å². The molecule has 0 saturated carbocycles. The van der Waals surface area contributed by atoms with E-state index >= 15 is 0 Å². The van der Waals surface area contributed by atoms with Gasteiger partial charge in [0.05, 0.1) is 6.20 Å². The Labute approximate surface area is 66.6 Å². The zero-order valence-corrected chi connectivity index (χ0v) is 6.34. The molecule has 4 nitrogen and oxygen atoms in total. The average molecular weight is 167 g/mol. The maximum absolute atomic E-state index is 12.9. The molecule has 0 aromatic carbocycles. The molecule has 0 saturated heterocycles. The first-order valence-electron chi connectivity index (χ1n) is 3.41. The van der Waals surface area contributed by atoms with E-state index in [1.54, 1.807) is 6.92 Å². The SMILES string of the molecule is Cc1cc2n[nH]c(=O)n2cc1F. The molecule has 1 N–H and O–H groups in total. The quantitative estimate of drug-likeness (QED) is 0.620. The van der Waals surface area contributed by atoms with Gasteiger partial charge in [-0.3, -0.25) is 0 Å². The highest BCUT2D eigenvalue weighted by Gasteiger charge is 2.03. The maximum atomic E-state index is 12.9. The van der Waals surface area contributed by atoms with Gasteiger partial charge in [-0.15, -0.1) is 0 Å². The molecule has 62 valence electrons. The summed E-state index contributed by atoms with van der Waals surface area (Å²) in [6, 6.07) is 1.51. The first-order valence-corrected chi connectivity index (χ1v) is 3.41. The Bertz CT molecular complexity index is 485. The monoisotopic (exact) mass is 167 g/mol. The maximum Gasteiger partial charge on any atom is 0.347 e. The molecule has 0 bridgehead atoms. The summed E-state index contributed by atoms with van der Waals surface area (Å²) in [5.41, 5.74) is 0.476. The largest absolute Gasteiger partial charge is 0.347 e. The molecule has 5 heteroatoms. The predicted octanol–water partition coefficient (Wildman–Crippen LogP) is 0.470. The lowest BCUT2D eigenvalue weighted by Gasteiger charge is -1.94. The lowest BCUT2D eigenvalue weighted by atomic mass is 10.3. The third kappa shape index (κ3) is 0.827. The minimum absolute atomic E-state index is 0.411. The topological polar surface area (TPSA) is 50.2 Å². The first-order chi connectivity index (χ1) is 5.68. The van der Waals surface area contributed by atoms with Gasteiger partial charge in [-0.1, -0.05) is 0 Å². The van der Waals surface area contributed by atoms with Crippen molar-refractivity contribution >= 4 is 5.65 Å². The molecule has 0 aliphatic heterocycles. The summed E-state index contributed by atoms with van der Waals surface area (Å²) in [5.74, 6) is -0.411. The number of aromatic nitrogens is 3. The van der Waals surface area contributed by atoms with Gasteiger partial charge in [-0.05, 0) is 18.6 Å². The van der Waals surface area contributed by atoms with Gasteiger partial charge in [0.2, 0.25) is 0 Å². The van der Waals surface area contributed by atoms with Crippen molar-refractivity contribution in [2.24, 2.45) is 0 Å². The fraction of sp³-hybridized carbons (Fsp3) is 0.143. The van der Waals surface area contributed by atoms with Crippen LogP contribution in [-0.2, 0) is 0 Å². The molecular weight excluding hydrogens is 161 g/mol. The van der Waals surface area contributed by atoms with Crippen LogP contribution in [0.15, 0.2) is 17.1 Å². The van der Waals surface area contributed by atoms with Crippen LogP contribution in [0.5, 0.6) is 0 Å². The second-order valence-corrected chi connectivity index (χ2v) is 2.56. The van der Waals surface area contributed by atoms with Crippen LogP contribution >= 0.6 is 0 Å². The van der Waals surface area contributed by atoms with E-state index in [0.29, 0.717) is 11.2 Å². The van der Waals surface area contributed by atoms with Crippen LogP contribution in [0.2, 0.25) is 0 Å². The number of nitrogens with one attached hydrogen (secondary N) is 1. The lowest BCUT2D eigenvalue weighted by molar-refractivity contribution is 0.609. The lowest BCUT2D eigenvalue weighted by Crippen LogP contribution is -2.09. The van der Waals surface area contributed by atoms with Crippen LogP contribution in [0, 0.1) is 12.7 Å². The fourth-order valence-electron chi connectivity index (χ4n) is 1.02. The van der Waals surface area contributed by atoms with Crippen molar-refractivity contribution in [2.45, 2.75) is 6.92 Å². The number of halogens is 1. The fourth-order valence-corrected chi connectivity index (χ4v) is 1.02. The van der Waals surface area contributed by atoms with Gasteiger partial charge in [0, 0.05) is 0 Å². The van der Waals surface area contributed by atoms with Gasteiger partial charge >= 0.3 is 5.69 Å². The number of rotatable bonds is 0. The highest BCUT2D eigenvalue weighted by Crippen LogP contribution is 2.06. The third-order valence-corrected chi connectivity index (χ3v) is 1.70. The molecule has 0 fully saturated rings. The Morgan fingerprint density at radius 3 is 3.17 bits per heavy atom. The highest BCUT2D eigenvalue weighted by atomic mass is 19.1. The Balaban J connectivity index is 2.97. The van der Waals surface area contributed by atoms with Gasteiger partial charge in [-0.2, -0.15) is 5.10 Å². The number of fused-ring (bicyclic) bond motifs is 1. The van der Waals surface area contributed by atoms with E-state index in [1.165, 1.54) is 6.07 Å². The number of pyridine rings is 1. The van der Waals surface area contributed by atoms with Gasteiger partial charge in [0.15, 0.2) is 5.65 Å². The smallest absolute Gasteiger partial charge is 0.247 e. The molecule has 2 aromatic rings. The number of nitrogens with zero attached hydrogens (tertiary/aromatic N) is 2. The third-order valence-electron chi connectivity index (χ3n) is 1.70. The molecule has 2 aromatic heterocycles. The van der Waals surface area contributed by atoms with Crippen molar-refractivity contribution in [3.05, 3.63) is 34.1 Å². The molecule has 2 rings (SSSR count). The van der Waals surface area contributed by atoms with Crippen molar-refractivity contribution in [1.29, 1.82) is 0 Å². The van der Waals surface area contributed by atoms with Crippen LogP contribution in [0.4, 0.5) is 4.39 Å². The van der Waals surface area contributed by atoms with Gasteiger partial charge < -0.3 is 0 Å². The Kier molecular flexibility index (Phi) is 1.27. The Morgan fingerprint density at radius 1 is 1.67 bits per heavy atom. The van der Waals surface area contributed by atoms with E-state index in [0.717, 1.165) is 10.6 Å². The van der Waals surface area contributed by atoms with Crippen LogP contribution in [-0.4, -0.2) is 14.6 Å². The zero-order valence-electron chi connectivity index (χ0n) is 6.34. The van der Waals surface area contributed by atoms with E-state index < -0.39 is 11.5 Å². The van der Waals surface area contributed by atoms with E-state index in [9.17, 15) is 9.18 Å². The van der Waals surface area contributed by atoms with E-state index in [4.69, 9.17) is 0 Å². The molecule has 12 heavy (non-hydrogen) atoms. The van der Waals surface area contributed by atoms with Crippen molar-refractivity contribution in [2.75, 3.05) is 0 Å². The number of aromatic amines is 1. The average Bonchev–Trinajstić information content (AvgIpc) is 2.35. The second kappa shape index (κ2) is 2.17. The molecule has 0 aliphatic carbocycles. The van der Waals surface area contributed by atoms with Crippen LogP contribution in [0.1, 0.15) is 5.56 Å². The molecular formula is C7H6FN3O. The molecule has 0 aliphatic rings. The van der Waals surface area contributed by atoms with E-state index in [-0.39, 0.29) is 0 Å². The number of hydrogen-bond donors (Lipinski definition) is 1. The second-order valence-electron chi connectivity index (χ2n) is 2.56. The summed E-state index contributed by atoms with van der Waals surface area (Å²) >= 11 is 0.